The molecule has 1 rings (SSSR count). The highest BCUT2D eigenvalue weighted by molar-refractivity contribution is 7.92. The molecule has 0 atom stereocenters. The first-order valence-corrected chi connectivity index (χ1v) is 8.07. The summed E-state index contributed by atoms with van der Waals surface area (Å²) in [6, 6.07) is 4.85. The standard InChI is InChI=1S/C13H19ClN2O3S/c1-13(2,3)20(17,18)8-7-19-10-6-4-5-9(14)11(10)12(15)16/h4-6H,7-8H2,1-3H3,(H3,15,16). The van der Waals surface area contributed by atoms with E-state index in [4.69, 9.17) is 27.5 Å². The van der Waals surface area contributed by atoms with Crippen LogP contribution >= 0.6 is 11.6 Å². The Hall–Kier alpha value is -1.27. The van der Waals surface area contributed by atoms with Crippen LogP contribution in [-0.4, -0.2) is 31.4 Å². The van der Waals surface area contributed by atoms with E-state index in [2.05, 4.69) is 0 Å². The Morgan fingerprint density at radius 3 is 2.50 bits per heavy atom. The Bertz CT molecular complexity index is 607. The van der Waals surface area contributed by atoms with Crippen LogP contribution < -0.4 is 10.5 Å². The lowest BCUT2D eigenvalue weighted by molar-refractivity contribution is 0.339. The number of hydrogen-bond acceptors (Lipinski definition) is 4. The number of nitrogen functional groups attached to an aromatic ring is 1. The van der Waals surface area contributed by atoms with Crippen LogP contribution in [0.2, 0.25) is 5.02 Å². The number of sulfone groups is 1. The van der Waals surface area contributed by atoms with Gasteiger partial charge in [0.25, 0.3) is 0 Å². The monoisotopic (exact) mass is 318 g/mol. The highest BCUT2D eigenvalue weighted by atomic mass is 35.5. The molecule has 7 heteroatoms. The molecule has 0 heterocycles. The number of rotatable bonds is 5. The number of amidine groups is 1. The zero-order valence-corrected chi connectivity index (χ0v) is 13.3. The summed E-state index contributed by atoms with van der Waals surface area (Å²) in [5.41, 5.74) is 5.72. The smallest absolute Gasteiger partial charge is 0.158 e. The third-order valence-electron chi connectivity index (χ3n) is 2.79. The Labute approximate surface area is 124 Å². The van der Waals surface area contributed by atoms with Crippen molar-refractivity contribution in [2.75, 3.05) is 12.4 Å². The van der Waals surface area contributed by atoms with E-state index in [0.29, 0.717) is 10.8 Å². The molecule has 5 nitrogen and oxygen atoms in total. The van der Waals surface area contributed by atoms with Crippen LogP contribution in [-0.2, 0) is 9.84 Å². The molecule has 0 unspecified atom stereocenters. The Morgan fingerprint density at radius 2 is 2.00 bits per heavy atom. The second-order valence-electron chi connectivity index (χ2n) is 5.31. The van der Waals surface area contributed by atoms with Gasteiger partial charge < -0.3 is 10.5 Å². The Morgan fingerprint density at radius 1 is 1.40 bits per heavy atom. The predicted octanol–water partition coefficient (Wildman–Crippen LogP) is 2.22. The molecule has 0 aliphatic heterocycles. The van der Waals surface area contributed by atoms with Crippen LogP contribution in [0.3, 0.4) is 0 Å². The van der Waals surface area contributed by atoms with E-state index in [1.807, 2.05) is 0 Å². The first-order valence-electron chi connectivity index (χ1n) is 6.04. The zero-order chi connectivity index (χ0) is 15.6. The summed E-state index contributed by atoms with van der Waals surface area (Å²) in [5.74, 6) is -0.0150. The molecule has 0 aromatic heterocycles. The zero-order valence-electron chi connectivity index (χ0n) is 11.7. The van der Waals surface area contributed by atoms with Gasteiger partial charge in [0.2, 0.25) is 0 Å². The Kier molecular flexibility index (Phi) is 5.05. The molecule has 0 spiro atoms. The summed E-state index contributed by atoms with van der Waals surface area (Å²) in [4.78, 5) is 0. The third kappa shape index (κ3) is 3.86. The molecule has 0 radical (unpaired) electrons. The SMILES string of the molecule is CC(C)(C)S(=O)(=O)CCOc1cccc(Cl)c1C(=N)N. The van der Waals surface area contributed by atoms with Crippen molar-refractivity contribution in [1.29, 1.82) is 5.41 Å². The quantitative estimate of drug-likeness (QED) is 0.643. The van der Waals surface area contributed by atoms with E-state index in [-0.39, 0.29) is 23.8 Å². The average molecular weight is 319 g/mol. The second kappa shape index (κ2) is 6.01. The van der Waals surface area contributed by atoms with Gasteiger partial charge in [0.15, 0.2) is 9.84 Å². The lowest BCUT2D eigenvalue weighted by Gasteiger charge is -2.19. The van der Waals surface area contributed by atoms with Gasteiger partial charge >= 0.3 is 0 Å². The van der Waals surface area contributed by atoms with Gasteiger partial charge in [-0.2, -0.15) is 0 Å². The summed E-state index contributed by atoms with van der Waals surface area (Å²) >= 11 is 5.95. The molecule has 0 saturated carbocycles. The summed E-state index contributed by atoms with van der Waals surface area (Å²) in [5, 5.41) is 7.77. The van der Waals surface area contributed by atoms with Gasteiger partial charge in [-0.1, -0.05) is 17.7 Å². The molecular formula is C13H19ClN2O3S. The summed E-state index contributed by atoms with van der Waals surface area (Å²) in [7, 11) is -3.25. The van der Waals surface area contributed by atoms with Crippen LogP contribution in [0.1, 0.15) is 26.3 Å². The largest absolute Gasteiger partial charge is 0.492 e. The molecule has 112 valence electrons. The molecule has 0 saturated heterocycles. The number of benzene rings is 1. The minimum atomic E-state index is -3.25. The molecule has 0 amide bonds. The minimum Gasteiger partial charge on any atom is -0.492 e. The van der Waals surface area contributed by atoms with Crippen molar-refractivity contribution in [3.63, 3.8) is 0 Å². The van der Waals surface area contributed by atoms with E-state index >= 15 is 0 Å². The molecular weight excluding hydrogens is 300 g/mol. The van der Waals surface area contributed by atoms with Gasteiger partial charge in [-0.05, 0) is 32.9 Å². The molecule has 0 fully saturated rings. The fourth-order valence-electron chi connectivity index (χ4n) is 1.45. The number of ether oxygens (including phenoxy) is 1. The van der Waals surface area contributed by atoms with E-state index < -0.39 is 14.6 Å². The molecule has 3 N–H and O–H groups in total. The number of halogens is 1. The summed E-state index contributed by atoms with van der Waals surface area (Å²) in [6.07, 6.45) is 0. The molecule has 1 aromatic carbocycles. The molecule has 20 heavy (non-hydrogen) atoms. The molecule has 1 aromatic rings. The van der Waals surface area contributed by atoms with Crippen molar-refractivity contribution < 1.29 is 13.2 Å². The molecule has 0 aliphatic rings. The van der Waals surface area contributed by atoms with Crippen LogP contribution in [0.15, 0.2) is 18.2 Å². The summed E-state index contributed by atoms with van der Waals surface area (Å²) < 4.78 is 28.5. The van der Waals surface area contributed by atoms with E-state index in [9.17, 15) is 8.42 Å². The van der Waals surface area contributed by atoms with Crippen LogP contribution in [0.5, 0.6) is 5.75 Å². The van der Waals surface area contributed by atoms with Crippen molar-refractivity contribution in [2.45, 2.75) is 25.5 Å². The lowest BCUT2D eigenvalue weighted by atomic mass is 10.2. The minimum absolute atomic E-state index is 0.0137. The van der Waals surface area contributed by atoms with Crippen LogP contribution in [0, 0.1) is 5.41 Å². The van der Waals surface area contributed by atoms with Gasteiger partial charge in [-0.25, -0.2) is 8.42 Å². The average Bonchev–Trinajstić information content (AvgIpc) is 2.26. The van der Waals surface area contributed by atoms with Crippen molar-refractivity contribution in [3.05, 3.63) is 28.8 Å². The van der Waals surface area contributed by atoms with E-state index in [0.717, 1.165) is 0 Å². The highest BCUT2D eigenvalue weighted by Gasteiger charge is 2.28. The fourth-order valence-corrected chi connectivity index (χ4v) is 2.64. The predicted molar refractivity (Wildman–Crippen MR) is 81.5 cm³/mol. The van der Waals surface area contributed by atoms with E-state index in [1.54, 1.807) is 39.0 Å². The third-order valence-corrected chi connectivity index (χ3v) is 5.67. The number of nitrogens with two attached hydrogens (primary N) is 1. The number of hydrogen-bond donors (Lipinski definition) is 2. The normalized spacial score (nSPS) is 12.2. The van der Waals surface area contributed by atoms with Crippen molar-refractivity contribution >= 4 is 27.3 Å². The maximum absolute atomic E-state index is 12.0. The van der Waals surface area contributed by atoms with E-state index in [1.165, 1.54) is 0 Å². The van der Waals surface area contributed by atoms with Gasteiger partial charge in [-0.15, -0.1) is 0 Å². The van der Waals surface area contributed by atoms with Crippen molar-refractivity contribution in [3.8, 4) is 5.75 Å². The molecule has 0 bridgehead atoms. The van der Waals surface area contributed by atoms with Crippen molar-refractivity contribution in [1.82, 2.24) is 0 Å². The summed E-state index contributed by atoms with van der Waals surface area (Å²) in [6.45, 7) is 4.91. The van der Waals surface area contributed by atoms with Gasteiger partial charge in [0, 0.05) is 0 Å². The van der Waals surface area contributed by atoms with Crippen LogP contribution in [0.4, 0.5) is 0 Å². The first-order chi connectivity index (χ1) is 9.06. The van der Waals surface area contributed by atoms with Crippen molar-refractivity contribution in [2.24, 2.45) is 5.73 Å². The fraction of sp³-hybridized carbons (Fsp3) is 0.462. The topological polar surface area (TPSA) is 93.2 Å². The first kappa shape index (κ1) is 16.8. The van der Waals surface area contributed by atoms with Gasteiger partial charge in [0.05, 0.1) is 21.1 Å². The maximum atomic E-state index is 12.0. The Balaban J connectivity index is 2.83. The maximum Gasteiger partial charge on any atom is 0.158 e. The highest BCUT2D eigenvalue weighted by Crippen LogP contribution is 2.26. The lowest BCUT2D eigenvalue weighted by Crippen LogP contribution is -2.32. The second-order valence-corrected chi connectivity index (χ2v) is 8.58. The van der Waals surface area contributed by atoms with Crippen LogP contribution in [0.25, 0.3) is 0 Å². The molecule has 0 aliphatic carbocycles. The van der Waals surface area contributed by atoms with Gasteiger partial charge in [0.1, 0.15) is 18.2 Å². The van der Waals surface area contributed by atoms with Gasteiger partial charge in [-0.3, -0.25) is 5.41 Å². The number of nitrogens with one attached hydrogen (secondary N) is 1.